The molecular weight excluding hydrogens is 596 g/mol. The molecule has 0 aliphatic carbocycles. The molecule has 3 aromatic rings. The predicted molar refractivity (Wildman–Crippen MR) is 160 cm³/mol. The number of nitrogens with zero attached hydrogens (tertiary/aromatic N) is 2. The second-order valence-corrected chi connectivity index (χ2v) is 14.1. The van der Waals surface area contributed by atoms with E-state index in [1.54, 1.807) is 24.3 Å². The molecule has 3 aliphatic heterocycles. The number of ether oxygens (including phenoxy) is 1. The third kappa shape index (κ3) is 5.77. The molecule has 226 valence electrons. The van der Waals surface area contributed by atoms with Gasteiger partial charge in [-0.1, -0.05) is 18.2 Å². The highest BCUT2D eigenvalue weighted by molar-refractivity contribution is 7.86. The second kappa shape index (κ2) is 11.1. The Kier molecular flexibility index (Phi) is 7.53. The topological polar surface area (TPSA) is 162 Å². The first kappa shape index (κ1) is 29.3. The number of anilines is 1. The van der Waals surface area contributed by atoms with Crippen molar-refractivity contribution in [2.24, 2.45) is 0 Å². The van der Waals surface area contributed by atoms with E-state index >= 15 is 0 Å². The predicted octanol–water partition coefficient (Wildman–Crippen LogP) is 1.70. The maximum atomic E-state index is 12.3. The number of carboxylic acid groups (broad SMARTS) is 1. The zero-order valence-corrected chi connectivity index (χ0v) is 24.8. The number of fused-ring (bicyclic) bond motifs is 6. The minimum Gasteiger partial charge on any atom is -0.478 e. The van der Waals surface area contributed by atoms with Crippen molar-refractivity contribution in [1.29, 1.82) is 0 Å². The van der Waals surface area contributed by atoms with E-state index in [-0.39, 0.29) is 18.7 Å². The molecule has 0 atom stereocenters. The summed E-state index contributed by atoms with van der Waals surface area (Å²) in [6.07, 6.45) is 2.75. The molecule has 13 heteroatoms. The third-order valence-electron chi connectivity index (χ3n) is 8.27. The molecule has 0 radical (unpaired) electrons. The summed E-state index contributed by atoms with van der Waals surface area (Å²) < 4.78 is 73.4. The highest BCUT2D eigenvalue weighted by Gasteiger charge is 2.32. The smallest absolute Gasteiger partial charge is 0.336 e. The van der Waals surface area contributed by atoms with Crippen LogP contribution in [0, 0.1) is 0 Å². The highest BCUT2D eigenvalue weighted by Crippen LogP contribution is 2.45. The molecule has 3 aliphatic rings. The number of hydrogen-bond acceptors (Lipinski definition) is 7. The minimum atomic E-state index is -4.16. The lowest BCUT2D eigenvalue weighted by molar-refractivity contribution is 0.0696. The Balaban J connectivity index is 1.61. The molecule has 0 saturated heterocycles. The van der Waals surface area contributed by atoms with E-state index in [1.165, 1.54) is 0 Å². The van der Waals surface area contributed by atoms with Crippen LogP contribution in [0.4, 0.5) is 5.69 Å². The molecule has 0 saturated carbocycles. The van der Waals surface area contributed by atoms with Crippen molar-refractivity contribution in [3.63, 3.8) is 0 Å². The average molecular weight is 628 g/mol. The van der Waals surface area contributed by atoms with Crippen molar-refractivity contribution in [2.75, 3.05) is 42.6 Å². The summed E-state index contributed by atoms with van der Waals surface area (Å²) in [4.78, 5) is 14.3. The number of rotatable bonds is 8. The zero-order valence-electron chi connectivity index (χ0n) is 23.2. The van der Waals surface area contributed by atoms with Gasteiger partial charge in [-0.3, -0.25) is 9.11 Å². The summed E-state index contributed by atoms with van der Waals surface area (Å²) in [5.74, 6) is -0.755. The third-order valence-corrected chi connectivity index (χ3v) is 9.67. The van der Waals surface area contributed by atoms with Gasteiger partial charge in [0.05, 0.1) is 16.9 Å². The lowest BCUT2D eigenvalue weighted by Gasteiger charge is -2.34. The molecule has 6 rings (SSSR count). The van der Waals surface area contributed by atoms with Gasteiger partial charge in [-0.05, 0) is 49.1 Å². The van der Waals surface area contributed by atoms with Gasteiger partial charge in [-0.25, -0.2) is 9.37 Å². The molecule has 3 N–H and O–H groups in total. The standard InChI is InChI=1S/C30H30N2O9S2/c33-30(34)20-6-2-1-5-19(20)27-23-9-11-25-21(7-3-13-31(25)15-17-42(35,36)37)28(23)41-29-22-8-4-14-32(16-18-43(38,39)40)26(22)12-10-24(27)29/h1-2,5-6,9-12H,3-4,7-8,13-18H2,(H2-,33,34,35,36,37,38,39,40)/p+1. The van der Waals surface area contributed by atoms with E-state index in [0.29, 0.717) is 48.6 Å². The fraction of sp³-hybridized carbons (Fsp3) is 0.333. The normalized spacial score (nSPS) is 16.1. The van der Waals surface area contributed by atoms with E-state index in [9.17, 15) is 35.8 Å². The maximum Gasteiger partial charge on any atom is 0.336 e. The van der Waals surface area contributed by atoms with Crippen LogP contribution in [0.5, 0.6) is 11.5 Å². The van der Waals surface area contributed by atoms with Crippen molar-refractivity contribution in [3.8, 4) is 11.5 Å². The van der Waals surface area contributed by atoms with Crippen LogP contribution >= 0.6 is 0 Å². The molecule has 3 aromatic carbocycles. The molecule has 0 amide bonds. The Bertz CT molecular complexity index is 2010. The number of carboxylic acids is 1. The van der Waals surface area contributed by atoms with E-state index in [4.69, 9.17) is 4.74 Å². The van der Waals surface area contributed by atoms with Gasteiger partial charge in [0, 0.05) is 53.2 Å². The number of aromatic carboxylic acids is 1. The van der Waals surface area contributed by atoms with Crippen LogP contribution in [0.15, 0.2) is 48.5 Å². The molecule has 3 heterocycles. The Hall–Kier alpha value is -3.78. The van der Waals surface area contributed by atoms with E-state index in [2.05, 4.69) is 0 Å². The quantitative estimate of drug-likeness (QED) is 0.194. The van der Waals surface area contributed by atoms with Crippen molar-refractivity contribution in [3.05, 3.63) is 86.9 Å². The van der Waals surface area contributed by atoms with Gasteiger partial charge in [0.2, 0.25) is 5.36 Å². The first-order valence-corrected chi connectivity index (χ1v) is 17.2. The van der Waals surface area contributed by atoms with Crippen LogP contribution in [-0.4, -0.2) is 74.7 Å². The average Bonchev–Trinajstić information content (AvgIpc) is 2.96. The second-order valence-electron chi connectivity index (χ2n) is 11.0. The summed E-state index contributed by atoms with van der Waals surface area (Å²) in [6, 6.07) is 14.3. The summed E-state index contributed by atoms with van der Waals surface area (Å²) in [7, 11) is -8.32. The van der Waals surface area contributed by atoms with Crippen molar-refractivity contribution >= 4 is 37.5 Å². The SMILES string of the molecule is O=C(O)c1ccccc1C1=c2ccc3c(c2Oc2c1ccc1c2CCCN1CCS(=O)(=O)O)CCC[N+]=3CCS(=O)(=O)O. The lowest BCUT2D eigenvalue weighted by Crippen LogP contribution is -2.41. The van der Waals surface area contributed by atoms with Crippen LogP contribution in [-0.2, 0) is 33.1 Å². The Morgan fingerprint density at radius 3 is 2.35 bits per heavy atom. The summed E-state index contributed by atoms with van der Waals surface area (Å²) in [5.41, 5.74) is 4.61. The molecular formula is C30H31N2O9S2+. The fourth-order valence-electron chi connectivity index (χ4n) is 6.41. The monoisotopic (exact) mass is 627 g/mol. The number of carbonyl (C=O) groups is 1. The van der Waals surface area contributed by atoms with Crippen LogP contribution in [0.3, 0.4) is 0 Å². The van der Waals surface area contributed by atoms with Gasteiger partial charge < -0.3 is 14.7 Å². The molecule has 0 fully saturated rings. The molecule has 0 aromatic heterocycles. The highest BCUT2D eigenvalue weighted by atomic mass is 32.2. The van der Waals surface area contributed by atoms with Gasteiger partial charge in [0.15, 0.2) is 6.54 Å². The molecule has 0 bridgehead atoms. The Morgan fingerprint density at radius 1 is 0.860 bits per heavy atom. The fourth-order valence-corrected chi connectivity index (χ4v) is 7.31. The van der Waals surface area contributed by atoms with Crippen LogP contribution in [0.25, 0.3) is 5.57 Å². The van der Waals surface area contributed by atoms with Crippen LogP contribution < -0.4 is 24.8 Å². The number of hydrogen-bond donors (Lipinski definition) is 3. The molecule has 0 unspecified atom stereocenters. The van der Waals surface area contributed by atoms with Gasteiger partial charge >= 0.3 is 5.97 Å². The summed E-state index contributed by atoms with van der Waals surface area (Å²) >= 11 is 0. The minimum absolute atomic E-state index is 0.109. The van der Waals surface area contributed by atoms with E-state index < -0.39 is 37.7 Å². The van der Waals surface area contributed by atoms with Gasteiger partial charge in [0.25, 0.3) is 20.2 Å². The Labute approximate surface area is 248 Å². The van der Waals surface area contributed by atoms with E-state index in [1.807, 2.05) is 33.7 Å². The van der Waals surface area contributed by atoms with Gasteiger partial charge in [-0.15, -0.1) is 0 Å². The Morgan fingerprint density at radius 2 is 1.60 bits per heavy atom. The maximum absolute atomic E-state index is 12.3. The first-order valence-electron chi connectivity index (χ1n) is 14.0. The van der Waals surface area contributed by atoms with Crippen LogP contribution in [0.2, 0.25) is 0 Å². The molecule has 0 spiro atoms. The van der Waals surface area contributed by atoms with Crippen molar-refractivity contribution in [2.45, 2.75) is 25.7 Å². The van der Waals surface area contributed by atoms with Crippen LogP contribution in [0.1, 0.15) is 45.5 Å². The largest absolute Gasteiger partial charge is 0.478 e. The molecule has 11 nitrogen and oxygen atoms in total. The summed E-state index contributed by atoms with van der Waals surface area (Å²) in [6.45, 7) is 1.43. The lowest BCUT2D eigenvalue weighted by atomic mass is 9.85. The summed E-state index contributed by atoms with van der Waals surface area (Å²) in [5, 5.41) is 11.6. The van der Waals surface area contributed by atoms with Gasteiger partial charge in [-0.2, -0.15) is 16.8 Å². The van der Waals surface area contributed by atoms with Gasteiger partial charge in [0.1, 0.15) is 23.8 Å². The van der Waals surface area contributed by atoms with E-state index in [0.717, 1.165) is 45.8 Å². The van der Waals surface area contributed by atoms with Crippen molar-refractivity contribution < 1.29 is 40.6 Å². The number of benzene rings is 3. The van der Waals surface area contributed by atoms with Crippen molar-refractivity contribution in [1.82, 2.24) is 4.58 Å². The molecule has 43 heavy (non-hydrogen) atoms. The zero-order chi connectivity index (χ0) is 30.5. The first-order chi connectivity index (χ1) is 20.4.